The number of fused-ring (bicyclic) bond motifs is 1. The van der Waals surface area contributed by atoms with E-state index < -0.39 is 28.4 Å². The summed E-state index contributed by atoms with van der Waals surface area (Å²) in [6.07, 6.45) is -1.71. The molecule has 2 aromatic rings. The Balaban J connectivity index is 1.67. The molecule has 2 aliphatic rings. The van der Waals surface area contributed by atoms with Crippen LogP contribution in [0.5, 0.6) is 0 Å². The zero-order chi connectivity index (χ0) is 18.4. The SMILES string of the molecule is O=[N+]([O-])c1cc(C2OCC3C(CO)OC(c4csc([N+](=O)[O-])c4)N23)cs1. The molecule has 1 N–H and O–H groups in total. The molecule has 0 amide bonds. The minimum atomic E-state index is -0.631. The largest absolute Gasteiger partial charge is 0.394 e. The second-order valence-corrected chi connectivity index (χ2v) is 7.64. The summed E-state index contributed by atoms with van der Waals surface area (Å²) in [5.74, 6) is 0. The molecule has 2 saturated heterocycles. The highest BCUT2D eigenvalue weighted by Gasteiger charge is 2.51. The number of aliphatic hydroxyl groups is 1. The third-order valence-electron chi connectivity index (χ3n) is 4.40. The summed E-state index contributed by atoms with van der Waals surface area (Å²) in [6, 6.07) is 2.65. The van der Waals surface area contributed by atoms with Gasteiger partial charge in [-0.1, -0.05) is 22.7 Å². The van der Waals surface area contributed by atoms with E-state index in [1.165, 1.54) is 12.1 Å². The van der Waals surface area contributed by atoms with Gasteiger partial charge in [0.15, 0.2) is 0 Å². The van der Waals surface area contributed by atoms with E-state index in [2.05, 4.69) is 0 Å². The molecule has 0 bridgehead atoms. The van der Waals surface area contributed by atoms with Gasteiger partial charge in [-0.05, 0) is 0 Å². The van der Waals surface area contributed by atoms with Gasteiger partial charge < -0.3 is 14.6 Å². The van der Waals surface area contributed by atoms with Crippen molar-refractivity contribution in [2.24, 2.45) is 0 Å². The summed E-state index contributed by atoms with van der Waals surface area (Å²) in [5.41, 5.74) is 1.23. The maximum Gasteiger partial charge on any atom is 0.324 e. The second-order valence-electron chi connectivity index (χ2n) is 5.86. The Morgan fingerprint density at radius 2 is 1.69 bits per heavy atom. The highest BCUT2D eigenvalue weighted by atomic mass is 32.1. The van der Waals surface area contributed by atoms with Crippen molar-refractivity contribution in [2.45, 2.75) is 24.6 Å². The lowest BCUT2D eigenvalue weighted by Crippen LogP contribution is -2.35. The molecule has 12 heteroatoms. The average molecular weight is 399 g/mol. The fourth-order valence-corrected chi connectivity index (χ4v) is 4.73. The highest BCUT2D eigenvalue weighted by molar-refractivity contribution is 7.13. The molecule has 4 rings (SSSR count). The van der Waals surface area contributed by atoms with Crippen LogP contribution in [0.25, 0.3) is 0 Å². The molecule has 138 valence electrons. The quantitative estimate of drug-likeness (QED) is 0.599. The lowest BCUT2D eigenvalue weighted by Gasteiger charge is -2.26. The Morgan fingerprint density at radius 1 is 1.12 bits per heavy atom. The van der Waals surface area contributed by atoms with Crippen LogP contribution < -0.4 is 0 Å². The summed E-state index contributed by atoms with van der Waals surface area (Å²) < 4.78 is 11.7. The molecule has 2 fully saturated rings. The summed E-state index contributed by atoms with van der Waals surface area (Å²) >= 11 is 2.00. The van der Waals surface area contributed by atoms with Gasteiger partial charge in [0.1, 0.15) is 18.6 Å². The minimum Gasteiger partial charge on any atom is -0.394 e. The summed E-state index contributed by atoms with van der Waals surface area (Å²) in [7, 11) is 0. The summed E-state index contributed by atoms with van der Waals surface area (Å²) in [4.78, 5) is 22.9. The van der Waals surface area contributed by atoms with E-state index in [4.69, 9.17) is 9.47 Å². The molecule has 0 spiro atoms. The Labute approximate surface area is 154 Å². The van der Waals surface area contributed by atoms with E-state index in [9.17, 15) is 25.3 Å². The monoisotopic (exact) mass is 399 g/mol. The molecule has 10 nitrogen and oxygen atoms in total. The fourth-order valence-electron chi connectivity index (χ4n) is 3.27. The summed E-state index contributed by atoms with van der Waals surface area (Å²) in [5, 5.41) is 34.8. The number of thiophene rings is 2. The first-order chi connectivity index (χ1) is 12.5. The first kappa shape index (κ1) is 17.5. The topological polar surface area (TPSA) is 128 Å². The van der Waals surface area contributed by atoms with Crippen LogP contribution in [0.1, 0.15) is 23.6 Å². The smallest absolute Gasteiger partial charge is 0.324 e. The minimum absolute atomic E-state index is 0.00423. The van der Waals surface area contributed by atoms with Crippen molar-refractivity contribution in [1.29, 1.82) is 0 Å². The molecule has 2 aliphatic heterocycles. The molecule has 4 atom stereocenters. The van der Waals surface area contributed by atoms with E-state index in [0.717, 1.165) is 22.7 Å². The zero-order valence-corrected chi connectivity index (χ0v) is 14.7. The van der Waals surface area contributed by atoms with Gasteiger partial charge in [0.25, 0.3) is 0 Å². The van der Waals surface area contributed by atoms with Gasteiger partial charge >= 0.3 is 10.0 Å². The van der Waals surface area contributed by atoms with Crippen LogP contribution in [0, 0.1) is 20.2 Å². The Bertz CT molecular complexity index is 853. The first-order valence-corrected chi connectivity index (χ1v) is 9.36. The number of hydrogen-bond acceptors (Lipinski definition) is 10. The maximum absolute atomic E-state index is 11.0. The molecule has 0 aromatic carbocycles. The van der Waals surface area contributed by atoms with Gasteiger partial charge in [0.05, 0.1) is 29.1 Å². The summed E-state index contributed by atoms with van der Waals surface area (Å²) in [6.45, 7) is 0.0754. The Kier molecular flexibility index (Phi) is 4.46. The molecule has 0 saturated carbocycles. The Morgan fingerprint density at radius 3 is 2.19 bits per heavy atom. The number of hydrogen-bond donors (Lipinski definition) is 1. The molecule has 0 radical (unpaired) electrons. The molecule has 2 aromatic heterocycles. The molecular weight excluding hydrogens is 386 g/mol. The number of ether oxygens (including phenoxy) is 2. The lowest BCUT2D eigenvalue weighted by atomic mass is 10.1. The van der Waals surface area contributed by atoms with E-state index in [0.29, 0.717) is 17.7 Å². The van der Waals surface area contributed by atoms with Crippen molar-refractivity contribution in [3.8, 4) is 0 Å². The van der Waals surface area contributed by atoms with Crippen molar-refractivity contribution in [2.75, 3.05) is 13.2 Å². The Hall–Kier alpha value is -1.96. The average Bonchev–Trinajstić information content (AvgIpc) is 3.36. The van der Waals surface area contributed by atoms with Crippen LogP contribution in [0.2, 0.25) is 0 Å². The fraction of sp³-hybridized carbons (Fsp3) is 0.429. The molecule has 4 heterocycles. The lowest BCUT2D eigenvalue weighted by molar-refractivity contribution is -0.380. The predicted molar refractivity (Wildman–Crippen MR) is 91.0 cm³/mol. The maximum atomic E-state index is 11.0. The van der Waals surface area contributed by atoms with Crippen molar-refractivity contribution in [3.05, 3.63) is 54.2 Å². The van der Waals surface area contributed by atoms with Crippen molar-refractivity contribution < 1.29 is 24.4 Å². The highest BCUT2D eigenvalue weighted by Crippen LogP contribution is 2.48. The number of nitrogens with zero attached hydrogens (tertiary/aromatic N) is 3. The molecule has 4 unspecified atom stereocenters. The predicted octanol–water partition coefficient (Wildman–Crippen LogP) is 2.42. The van der Waals surface area contributed by atoms with Gasteiger partial charge in [0, 0.05) is 34.0 Å². The normalized spacial score (nSPS) is 28.3. The molecule has 26 heavy (non-hydrogen) atoms. The van der Waals surface area contributed by atoms with Gasteiger partial charge in [-0.3, -0.25) is 20.2 Å². The van der Waals surface area contributed by atoms with Gasteiger partial charge in [0.2, 0.25) is 0 Å². The van der Waals surface area contributed by atoms with E-state index in [1.807, 2.05) is 4.90 Å². The standard InChI is InChI=1S/C14H13N3O7S2/c18-3-10-9-4-23-13(7-1-11(16(19)20)25-5-7)15(9)14(24-10)8-2-12(17(21)22)26-6-8/h1-2,5-6,9-10,13-14,18H,3-4H2. The third-order valence-corrected chi connectivity index (χ3v) is 6.20. The van der Waals surface area contributed by atoms with Crippen LogP contribution >= 0.6 is 22.7 Å². The van der Waals surface area contributed by atoms with Crippen LogP contribution in [0.15, 0.2) is 22.9 Å². The molecular formula is C14H13N3O7S2. The van der Waals surface area contributed by atoms with Crippen LogP contribution in [-0.4, -0.2) is 45.2 Å². The third kappa shape index (κ3) is 2.80. The van der Waals surface area contributed by atoms with E-state index >= 15 is 0 Å². The number of rotatable bonds is 5. The van der Waals surface area contributed by atoms with Crippen molar-refractivity contribution >= 4 is 32.7 Å². The van der Waals surface area contributed by atoms with Crippen molar-refractivity contribution in [1.82, 2.24) is 4.90 Å². The van der Waals surface area contributed by atoms with E-state index in [1.54, 1.807) is 10.8 Å². The van der Waals surface area contributed by atoms with E-state index in [-0.39, 0.29) is 22.7 Å². The molecule has 0 aliphatic carbocycles. The van der Waals surface area contributed by atoms with Crippen LogP contribution in [0.3, 0.4) is 0 Å². The van der Waals surface area contributed by atoms with Gasteiger partial charge in [-0.25, -0.2) is 4.90 Å². The number of nitro groups is 2. The van der Waals surface area contributed by atoms with Crippen LogP contribution in [0.4, 0.5) is 10.0 Å². The van der Waals surface area contributed by atoms with Gasteiger partial charge in [-0.2, -0.15) is 0 Å². The van der Waals surface area contributed by atoms with Gasteiger partial charge in [-0.15, -0.1) is 0 Å². The number of aliphatic hydroxyl groups excluding tert-OH is 1. The first-order valence-electron chi connectivity index (χ1n) is 7.60. The zero-order valence-electron chi connectivity index (χ0n) is 13.1. The second kappa shape index (κ2) is 6.64. The van der Waals surface area contributed by atoms with Crippen molar-refractivity contribution in [3.63, 3.8) is 0 Å². The van der Waals surface area contributed by atoms with Crippen LogP contribution in [-0.2, 0) is 9.47 Å².